The number of hydrogen-bond acceptors (Lipinski definition) is 6. The van der Waals surface area contributed by atoms with E-state index in [1.54, 1.807) is 6.21 Å². The minimum absolute atomic E-state index is 0.347. The zero-order valence-corrected chi connectivity index (χ0v) is 21.2. The first-order valence-electron chi connectivity index (χ1n) is 11.8. The second kappa shape index (κ2) is 11.5. The first kappa shape index (κ1) is 24.9. The van der Waals surface area contributed by atoms with E-state index in [-0.39, 0.29) is 5.91 Å². The lowest BCUT2D eigenvalue weighted by molar-refractivity contribution is 0.102. The molecule has 2 N–H and O–H groups in total. The Morgan fingerprint density at radius 3 is 2.42 bits per heavy atom. The lowest BCUT2D eigenvalue weighted by atomic mass is 10.1. The number of carbonyl (C=O) groups is 1. The Balaban J connectivity index is 1.34. The zero-order valence-electron chi connectivity index (χ0n) is 20.4. The van der Waals surface area contributed by atoms with E-state index in [1.165, 1.54) is 35.6 Å². The van der Waals surface area contributed by atoms with Crippen LogP contribution in [-0.4, -0.2) is 17.1 Å². The van der Waals surface area contributed by atoms with Gasteiger partial charge in [0, 0.05) is 11.1 Å². The molecule has 5 aromatic rings. The third-order valence-corrected chi connectivity index (χ3v) is 6.37. The van der Waals surface area contributed by atoms with Gasteiger partial charge in [-0.05, 0) is 61.0 Å². The highest BCUT2D eigenvalue weighted by atomic mass is 32.1. The Hall–Kier alpha value is -4.82. The molecule has 1 heterocycles. The molecule has 38 heavy (non-hydrogen) atoms. The first-order chi connectivity index (χ1) is 18.5. The predicted molar refractivity (Wildman–Crippen MR) is 151 cm³/mol. The maximum atomic E-state index is 13.3. The summed E-state index contributed by atoms with van der Waals surface area (Å²) in [5.74, 6) is 0.691. The van der Waals surface area contributed by atoms with Gasteiger partial charge in [-0.25, -0.2) is 9.37 Å². The Morgan fingerprint density at radius 1 is 0.921 bits per heavy atom. The molecule has 0 radical (unpaired) electrons. The Bertz CT molecular complexity index is 1570. The number of anilines is 2. The second-order valence-corrected chi connectivity index (χ2v) is 9.38. The predicted octanol–water partition coefficient (Wildman–Crippen LogP) is 7.75. The normalized spacial score (nSPS) is 10.9. The number of nitrogens with zero attached hydrogens (tertiary/aromatic N) is 2. The van der Waals surface area contributed by atoms with Gasteiger partial charge in [-0.15, -0.1) is 0 Å². The lowest BCUT2D eigenvalue weighted by Gasteiger charge is -2.06. The van der Waals surface area contributed by atoms with Crippen LogP contribution in [0.1, 0.15) is 21.5 Å². The van der Waals surface area contributed by atoms with E-state index in [2.05, 4.69) is 20.8 Å². The van der Waals surface area contributed by atoms with E-state index in [4.69, 9.17) is 4.74 Å². The summed E-state index contributed by atoms with van der Waals surface area (Å²) in [4.78, 5) is 17.5. The monoisotopic (exact) mass is 522 g/mol. The maximum absolute atomic E-state index is 13.3. The van der Waals surface area contributed by atoms with Crippen molar-refractivity contribution in [3.63, 3.8) is 0 Å². The molecule has 0 aliphatic carbocycles. The van der Waals surface area contributed by atoms with Crippen LogP contribution in [0.4, 0.5) is 14.5 Å². The Morgan fingerprint density at radius 2 is 1.66 bits per heavy atom. The van der Waals surface area contributed by atoms with E-state index >= 15 is 0 Å². The smallest absolute Gasteiger partial charge is 0.256 e. The van der Waals surface area contributed by atoms with Crippen LogP contribution in [0.3, 0.4) is 0 Å². The van der Waals surface area contributed by atoms with Crippen molar-refractivity contribution in [1.29, 1.82) is 0 Å². The fraction of sp³-hybridized carbons (Fsp3) is 0.0333. The van der Waals surface area contributed by atoms with Gasteiger partial charge < -0.3 is 10.1 Å². The lowest BCUT2D eigenvalue weighted by Crippen LogP contribution is -2.11. The summed E-state index contributed by atoms with van der Waals surface area (Å²) in [5.41, 5.74) is 6.72. The molecule has 0 unspecified atom stereocenters. The van der Waals surface area contributed by atoms with Gasteiger partial charge in [-0.3, -0.25) is 10.2 Å². The minimum atomic E-state index is -0.402. The van der Waals surface area contributed by atoms with Crippen molar-refractivity contribution in [1.82, 2.24) is 4.98 Å². The fourth-order valence-electron chi connectivity index (χ4n) is 3.58. The molecular formula is C30H23FN4O2S. The average molecular weight is 523 g/mol. The van der Waals surface area contributed by atoms with E-state index in [0.29, 0.717) is 27.1 Å². The third kappa shape index (κ3) is 6.29. The summed E-state index contributed by atoms with van der Waals surface area (Å²) < 4.78 is 19.2. The van der Waals surface area contributed by atoms with E-state index < -0.39 is 5.82 Å². The molecule has 0 saturated heterocycles. The van der Waals surface area contributed by atoms with Gasteiger partial charge in [0.15, 0.2) is 0 Å². The van der Waals surface area contributed by atoms with Gasteiger partial charge in [0.1, 0.15) is 28.0 Å². The van der Waals surface area contributed by atoms with Crippen molar-refractivity contribution in [2.75, 3.05) is 10.7 Å². The zero-order chi connectivity index (χ0) is 26.3. The molecule has 4 aromatic carbocycles. The summed E-state index contributed by atoms with van der Waals surface area (Å²) >= 11 is 1.26. The number of nitrogens with one attached hydrogen (secondary N) is 2. The summed E-state index contributed by atoms with van der Waals surface area (Å²) in [6.45, 7) is 2.00. The number of hydrazone groups is 1. The number of aromatic nitrogens is 1. The number of aryl methyl sites for hydroxylation is 1. The standard InChI is InChI=1S/C30H23FN4O2S/c1-20-10-12-22(13-11-20)27-29(34-28(36)23-14-16-24(31)17-15-23)38-30(33-27)35-32-19-21-6-5-9-26(18-21)37-25-7-3-2-4-8-25/h2-19H,1H3,(H,33,35)(H,34,36)/b32-19-. The number of hydrogen-bond donors (Lipinski definition) is 2. The Kier molecular flexibility index (Phi) is 7.52. The maximum Gasteiger partial charge on any atom is 0.256 e. The molecule has 0 atom stereocenters. The number of benzene rings is 4. The van der Waals surface area contributed by atoms with Crippen molar-refractivity contribution in [2.45, 2.75) is 6.92 Å². The van der Waals surface area contributed by atoms with Crippen LogP contribution in [0.15, 0.2) is 108 Å². The number of para-hydroxylation sites is 1. The highest BCUT2D eigenvalue weighted by molar-refractivity contribution is 7.20. The van der Waals surface area contributed by atoms with Crippen LogP contribution in [0, 0.1) is 12.7 Å². The molecule has 0 saturated carbocycles. The first-order valence-corrected chi connectivity index (χ1v) is 12.6. The number of ether oxygens (including phenoxy) is 1. The number of amides is 1. The van der Waals surface area contributed by atoms with Gasteiger partial charge >= 0.3 is 0 Å². The number of carbonyl (C=O) groups excluding carboxylic acids is 1. The molecule has 1 aromatic heterocycles. The number of rotatable bonds is 8. The number of thiazole rings is 1. The molecule has 0 bridgehead atoms. The second-order valence-electron chi connectivity index (χ2n) is 8.38. The summed E-state index contributed by atoms with van der Waals surface area (Å²) in [6, 6.07) is 30.4. The molecule has 0 fully saturated rings. The summed E-state index contributed by atoms with van der Waals surface area (Å²) in [7, 11) is 0. The van der Waals surface area contributed by atoms with Gasteiger partial charge in [-0.2, -0.15) is 5.10 Å². The quantitative estimate of drug-likeness (QED) is 0.161. The highest BCUT2D eigenvalue weighted by Crippen LogP contribution is 2.36. The Labute approximate surface area is 223 Å². The largest absolute Gasteiger partial charge is 0.457 e. The third-order valence-electron chi connectivity index (χ3n) is 5.50. The SMILES string of the molecule is Cc1ccc(-c2nc(N/N=C\c3cccc(Oc4ccccc4)c3)sc2NC(=O)c2ccc(F)cc2)cc1. The van der Waals surface area contributed by atoms with Crippen LogP contribution in [0.5, 0.6) is 11.5 Å². The van der Waals surface area contributed by atoms with Crippen molar-refractivity contribution in [3.8, 4) is 22.8 Å². The molecule has 0 aliphatic rings. The van der Waals surface area contributed by atoms with Gasteiger partial charge in [0.05, 0.1) is 6.21 Å². The molecule has 1 amide bonds. The number of halogens is 1. The molecule has 188 valence electrons. The van der Waals surface area contributed by atoms with Gasteiger partial charge in [0.2, 0.25) is 5.13 Å². The average Bonchev–Trinajstić information content (AvgIpc) is 3.32. The molecule has 0 aliphatic heterocycles. The summed E-state index contributed by atoms with van der Waals surface area (Å²) in [5, 5.41) is 8.29. The van der Waals surface area contributed by atoms with Crippen molar-refractivity contribution >= 4 is 33.6 Å². The van der Waals surface area contributed by atoms with Crippen LogP contribution >= 0.6 is 11.3 Å². The van der Waals surface area contributed by atoms with Crippen molar-refractivity contribution < 1.29 is 13.9 Å². The minimum Gasteiger partial charge on any atom is -0.457 e. The van der Waals surface area contributed by atoms with Crippen LogP contribution in [0.2, 0.25) is 0 Å². The molecular weight excluding hydrogens is 499 g/mol. The highest BCUT2D eigenvalue weighted by Gasteiger charge is 2.16. The van der Waals surface area contributed by atoms with E-state index in [1.807, 2.05) is 85.8 Å². The molecule has 5 rings (SSSR count). The van der Waals surface area contributed by atoms with Crippen molar-refractivity contribution in [2.24, 2.45) is 5.10 Å². The topological polar surface area (TPSA) is 75.6 Å². The molecule has 6 nitrogen and oxygen atoms in total. The molecule has 0 spiro atoms. The van der Waals surface area contributed by atoms with Gasteiger partial charge in [0.25, 0.3) is 5.91 Å². The van der Waals surface area contributed by atoms with Gasteiger partial charge in [-0.1, -0.05) is 71.5 Å². The summed E-state index contributed by atoms with van der Waals surface area (Å²) in [6.07, 6.45) is 1.67. The van der Waals surface area contributed by atoms with Crippen molar-refractivity contribution in [3.05, 3.63) is 126 Å². The van der Waals surface area contributed by atoms with Crippen LogP contribution in [-0.2, 0) is 0 Å². The fourth-order valence-corrected chi connectivity index (χ4v) is 4.41. The van der Waals surface area contributed by atoms with E-state index in [9.17, 15) is 9.18 Å². The molecule has 8 heteroatoms. The van der Waals surface area contributed by atoms with E-state index in [0.717, 1.165) is 22.4 Å². The van der Waals surface area contributed by atoms with Crippen LogP contribution < -0.4 is 15.5 Å². The van der Waals surface area contributed by atoms with Crippen LogP contribution in [0.25, 0.3) is 11.3 Å².